The molecular weight excluding hydrogens is 286 g/mol. The van der Waals surface area contributed by atoms with Gasteiger partial charge in [-0.1, -0.05) is 12.1 Å². The fraction of sp³-hybridized carbons (Fsp3) is 0.278. The van der Waals surface area contributed by atoms with Crippen molar-refractivity contribution in [3.05, 3.63) is 59.5 Å². The molecule has 1 atom stereocenters. The summed E-state index contributed by atoms with van der Waals surface area (Å²) in [5, 5.41) is 8.86. The summed E-state index contributed by atoms with van der Waals surface area (Å²) >= 11 is 0. The van der Waals surface area contributed by atoms with Crippen molar-refractivity contribution < 1.29 is 0 Å². The minimum absolute atomic E-state index is 0.433. The van der Waals surface area contributed by atoms with Crippen LogP contribution in [0.3, 0.4) is 0 Å². The van der Waals surface area contributed by atoms with Crippen LogP contribution >= 0.6 is 0 Å². The molecule has 114 valence electrons. The van der Waals surface area contributed by atoms with Gasteiger partial charge in [-0.05, 0) is 42.8 Å². The van der Waals surface area contributed by atoms with Gasteiger partial charge >= 0.3 is 0 Å². The molecule has 5 nitrogen and oxygen atoms in total. The molecule has 3 aromatic rings. The number of aromatic amines is 1. The number of aromatic nitrogens is 3. The Kier molecular flexibility index (Phi) is 3.52. The van der Waals surface area contributed by atoms with Crippen LogP contribution in [0.25, 0.3) is 11.2 Å². The Labute approximate surface area is 134 Å². The Morgan fingerprint density at radius 1 is 1.26 bits per heavy atom. The molecule has 0 radical (unpaired) electrons. The molecule has 2 aromatic heterocycles. The summed E-state index contributed by atoms with van der Waals surface area (Å²) < 4.78 is 0. The van der Waals surface area contributed by atoms with E-state index in [9.17, 15) is 0 Å². The molecule has 1 saturated heterocycles. The molecule has 0 spiro atoms. The standard InChI is InChI=1S/C18H17N5/c19-10-13-3-5-14(6-4-13)11-23-9-7-15(12-23)17-21-16-2-1-8-20-18(16)22-17/h1-6,8,15H,7,9,11-12H2,(H,20,21,22). The third-order valence-electron chi connectivity index (χ3n) is 4.42. The smallest absolute Gasteiger partial charge is 0.177 e. The van der Waals surface area contributed by atoms with Crippen molar-refractivity contribution in [2.24, 2.45) is 0 Å². The number of H-pyrrole nitrogens is 1. The first-order chi connectivity index (χ1) is 11.3. The molecule has 0 bridgehead atoms. The lowest BCUT2D eigenvalue weighted by molar-refractivity contribution is 0.326. The first-order valence-electron chi connectivity index (χ1n) is 7.84. The summed E-state index contributed by atoms with van der Waals surface area (Å²) in [6, 6.07) is 13.9. The number of likely N-dealkylation sites (tertiary alicyclic amines) is 1. The van der Waals surface area contributed by atoms with Crippen LogP contribution in [0.1, 0.15) is 29.3 Å². The second kappa shape index (κ2) is 5.82. The SMILES string of the molecule is N#Cc1ccc(CN2CCC(c3nc4ncccc4[nH]3)C2)cc1. The van der Waals surface area contributed by atoms with Crippen LogP contribution in [0.15, 0.2) is 42.6 Å². The first-order valence-corrected chi connectivity index (χ1v) is 7.84. The van der Waals surface area contributed by atoms with Crippen molar-refractivity contribution in [1.82, 2.24) is 19.9 Å². The maximum absolute atomic E-state index is 8.86. The quantitative estimate of drug-likeness (QED) is 0.808. The minimum atomic E-state index is 0.433. The predicted octanol–water partition coefficient (Wildman–Crippen LogP) is 2.82. The van der Waals surface area contributed by atoms with E-state index in [4.69, 9.17) is 5.26 Å². The van der Waals surface area contributed by atoms with Gasteiger partial charge in [-0.25, -0.2) is 9.97 Å². The van der Waals surface area contributed by atoms with Crippen LogP contribution in [0, 0.1) is 11.3 Å². The molecule has 0 aliphatic carbocycles. The van der Waals surface area contributed by atoms with Gasteiger partial charge in [0, 0.05) is 25.2 Å². The Balaban J connectivity index is 1.45. The molecule has 5 heteroatoms. The number of fused-ring (bicyclic) bond motifs is 1. The molecule has 23 heavy (non-hydrogen) atoms. The zero-order valence-corrected chi connectivity index (χ0v) is 12.7. The molecule has 1 aromatic carbocycles. The van der Waals surface area contributed by atoms with E-state index in [1.54, 1.807) is 6.20 Å². The molecule has 1 aliphatic rings. The summed E-state index contributed by atoms with van der Waals surface area (Å²) in [4.78, 5) is 14.8. The fourth-order valence-corrected chi connectivity index (χ4v) is 3.20. The average molecular weight is 303 g/mol. The Morgan fingerprint density at radius 2 is 2.13 bits per heavy atom. The number of imidazole rings is 1. The molecule has 1 unspecified atom stereocenters. The van der Waals surface area contributed by atoms with Crippen molar-refractivity contribution >= 4 is 11.2 Å². The third kappa shape index (κ3) is 2.81. The van der Waals surface area contributed by atoms with E-state index in [2.05, 4.69) is 25.9 Å². The highest BCUT2D eigenvalue weighted by atomic mass is 15.2. The number of nitriles is 1. The molecule has 4 rings (SSSR count). The number of hydrogen-bond donors (Lipinski definition) is 1. The highest BCUT2D eigenvalue weighted by molar-refractivity contribution is 5.70. The lowest BCUT2D eigenvalue weighted by Crippen LogP contribution is -2.19. The van der Waals surface area contributed by atoms with Crippen LogP contribution in [0.5, 0.6) is 0 Å². The fourth-order valence-electron chi connectivity index (χ4n) is 3.20. The van der Waals surface area contributed by atoms with Gasteiger partial charge in [-0.15, -0.1) is 0 Å². The van der Waals surface area contributed by atoms with Crippen LogP contribution < -0.4 is 0 Å². The summed E-state index contributed by atoms with van der Waals surface area (Å²) in [7, 11) is 0. The van der Waals surface area contributed by atoms with Crippen LogP contribution in [-0.2, 0) is 6.54 Å². The lowest BCUT2D eigenvalue weighted by Gasteiger charge is -2.15. The number of nitrogens with one attached hydrogen (secondary N) is 1. The molecule has 3 heterocycles. The van der Waals surface area contributed by atoms with Crippen molar-refractivity contribution in [3.63, 3.8) is 0 Å². The number of rotatable bonds is 3. The van der Waals surface area contributed by atoms with Gasteiger partial charge in [0.05, 0.1) is 17.1 Å². The van der Waals surface area contributed by atoms with Crippen molar-refractivity contribution in [2.75, 3.05) is 13.1 Å². The second-order valence-corrected chi connectivity index (χ2v) is 6.03. The highest BCUT2D eigenvalue weighted by Gasteiger charge is 2.26. The number of nitrogens with zero attached hydrogens (tertiary/aromatic N) is 4. The van der Waals surface area contributed by atoms with Gasteiger partial charge in [0.25, 0.3) is 0 Å². The maximum Gasteiger partial charge on any atom is 0.177 e. The van der Waals surface area contributed by atoms with Gasteiger partial charge in [0.1, 0.15) is 5.82 Å². The zero-order chi connectivity index (χ0) is 15.6. The van der Waals surface area contributed by atoms with Gasteiger partial charge < -0.3 is 4.98 Å². The van der Waals surface area contributed by atoms with Crippen LogP contribution in [-0.4, -0.2) is 32.9 Å². The molecule has 0 amide bonds. The highest BCUT2D eigenvalue weighted by Crippen LogP contribution is 2.27. The molecule has 1 N–H and O–H groups in total. The maximum atomic E-state index is 8.86. The van der Waals surface area contributed by atoms with Gasteiger partial charge in [-0.2, -0.15) is 5.26 Å². The van der Waals surface area contributed by atoms with Gasteiger partial charge in [0.2, 0.25) is 0 Å². The van der Waals surface area contributed by atoms with Crippen LogP contribution in [0.4, 0.5) is 0 Å². The van der Waals surface area contributed by atoms with Crippen molar-refractivity contribution in [2.45, 2.75) is 18.9 Å². The van der Waals surface area contributed by atoms with Gasteiger partial charge in [-0.3, -0.25) is 4.90 Å². The molecule has 1 fully saturated rings. The van der Waals surface area contributed by atoms with E-state index in [1.165, 1.54) is 5.56 Å². The number of hydrogen-bond acceptors (Lipinski definition) is 4. The summed E-state index contributed by atoms with van der Waals surface area (Å²) in [6.07, 6.45) is 2.88. The Bertz CT molecular complexity index is 826. The zero-order valence-electron chi connectivity index (χ0n) is 12.7. The average Bonchev–Trinajstić information content (AvgIpc) is 3.21. The van der Waals surface area contributed by atoms with E-state index in [0.29, 0.717) is 11.5 Å². The predicted molar refractivity (Wildman–Crippen MR) is 87.7 cm³/mol. The van der Waals surface area contributed by atoms with E-state index in [-0.39, 0.29) is 0 Å². The van der Waals surface area contributed by atoms with E-state index in [0.717, 1.165) is 43.0 Å². The summed E-state index contributed by atoms with van der Waals surface area (Å²) in [5.41, 5.74) is 3.76. The summed E-state index contributed by atoms with van der Waals surface area (Å²) in [6.45, 7) is 2.98. The largest absolute Gasteiger partial charge is 0.340 e. The van der Waals surface area contributed by atoms with E-state index < -0.39 is 0 Å². The van der Waals surface area contributed by atoms with Crippen molar-refractivity contribution in [1.29, 1.82) is 5.26 Å². The normalized spacial score (nSPS) is 18.3. The lowest BCUT2D eigenvalue weighted by atomic mass is 10.1. The van der Waals surface area contributed by atoms with Gasteiger partial charge in [0.15, 0.2) is 5.65 Å². The summed E-state index contributed by atoms with van der Waals surface area (Å²) in [5.74, 6) is 1.48. The van der Waals surface area contributed by atoms with E-state index in [1.807, 2.05) is 36.4 Å². The minimum Gasteiger partial charge on any atom is -0.340 e. The van der Waals surface area contributed by atoms with Crippen molar-refractivity contribution in [3.8, 4) is 6.07 Å². The Hall–Kier alpha value is -2.71. The number of pyridine rings is 1. The molecule has 0 saturated carbocycles. The van der Waals surface area contributed by atoms with E-state index >= 15 is 0 Å². The number of benzene rings is 1. The van der Waals surface area contributed by atoms with Crippen LogP contribution in [0.2, 0.25) is 0 Å². The Morgan fingerprint density at radius 3 is 2.91 bits per heavy atom. The molecule has 1 aliphatic heterocycles. The monoisotopic (exact) mass is 303 g/mol. The second-order valence-electron chi connectivity index (χ2n) is 6.03. The first kappa shape index (κ1) is 13.9. The molecular formula is C18H17N5. The topological polar surface area (TPSA) is 68.6 Å². The third-order valence-corrected chi connectivity index (χ3v) is 4.42.